The zero-order valence-electron chi connectivity index (χ0n) is 18.2. The van der Waals surface area contributed by atoms with Crippen LogP contribution in [0, 0.1) is 12.7 Å². The molecule has 3 rings (SSSR count). The Morgan fingerprint density at radius 1 is 1.16 bits per heavy atom. The molecule has 0 saturated carbocycles. The topological polar surface area (TPSA) is 70.1 Å². The number of halogens is 1. The van der Waals surface area contributed by atoms with Gasteiger partial charge < -0.3 is 19.6 Å². The van der Waals surface area contributed by atoms with Crippen LogP contribution in [-0.4, -0.2) is 60.9 Å². The minimum absolute atomic E-state index is 0.00558. The zero-order valence-corrected chi connectivity index (χ0v) is 18.2. The van der Waals surface area contributed by atoms with E-state index in [0.29, 0.717) is 29.8 Å². The van der Waals surface area contributed by atoms with Crippen LogP contribution in [0.2, 0.25) is 0 Å². The molecule has 2 aromatic rings. The second kappa shape index (κ2) is 9.31. The van der Waals surface area contributed by atoms with Crippen molar-refractivity contribution in [2.45, 2.75) is 19.4 Å². The van der Waals surface area contributed by atoms with Crippen LogP contribution in [0.5, 0.6) is 5.75 Å². The number of likely N-dealkylation sites (tertiary alicyclic amines) is 1. The second-order valence-corrected chi connectivity index (χ2v) is 7.89. The Bertz CT molecular complexity index is 1010. The summed E-state index contributed by atoms with van der Waals surface area (Å²) in [6.07, 6.45) is 0.652. The number of hydrogen-bond acceptors (Lipinski definition) is 5. The van der Waals surface area contributed by atoms with Crippen molar-refractivity contribution in [1.82, 2.24) is 9.80 Å². The van der Waals surface area contributed by atoms with Gasteiger partial charge in [0.2, 0.25) is 0 Å². The number of nitrogens with zero attached hydrogens (tertiary/aromatic N) is 2. The van der Waals surface area contributed by atoms with Gasteiger partial charge in [0, 0.05) is 12.1 Å². The molecule has 7 heteroatoms. The first-order valence-corrected chi connectivity index (χ1v) is 10.1. The van der Waals surface area contributed by atoms with Gasteiger partial charge in [0.15, 0.2) is 0 Å². The molecule has 1 fully saturated rings. The standard InChI is InChI=1S/C24H27FN2O4/c1-15-14-17(8-11-19(15)31-4)22(28)20-21(16-6-9-18(25)10-7-16)27(24(30)23(20)29)13-5-12-26(2)3/h6-11,14,21,28H,5,12-13H2,1-4H3/b22-20+/t21-/m0/s1. The van der Waals surface area contributed by atoms with Gasteiger partial charge in [-0.1, -0.05) is 12.1 Å². The lowest BCUT2D eigenvalue weighted by Crippen LogP contribution is -2.32. The number of carbonyl (C=O) groups excluding carboxylic acids is 2. The van der Waals surface area contributed by atoms with E-state index >= 15 is 0 Å². The third-order valence-electron chi connectivity index (χ3n) is 5.40. The lowest BCUT2D eigenvalue weighted by atomic mass is 9.94. The molecule has 0 spiro atoms. The second-order valence-electron chi connectivity index (χ2n) is 7.89. The number of ether oxygens (including phenoxy) is 1. The van der Waals surface area contributed by atoms with Gasteiger partial charge in [-0.15, -0.1) is 0 Å². The predicted octanol–water partition coefficient (Wildman–Crippen LogP) is 3.52. The number of aliphatic hydroxyl groups is 1. The number of amides is 1. The third kappa shape index (κ3) is 4.61. The molecule has 1 aliphatic heterocycles. The van der Waals surface area contributed by atoms with Gasteiger partial charge in [0.25, 0.3) is 11.7 Å². The first kappa shape index (κ1) is 22.5. The molecule has 1 saturated heterocycles. The molecule has 31 heavy (non-hydrogen) atoms. The van der Waals surface area contributed by atoms with Gasteiger partial charge in [-0.05, 0) is 75.4 Å². The van der Waals surface area contributed by atoms with Crippen LogP contribution < -0.4 is 4.74 Å². The Hall–Kier alpha value is -3.19. The van der Waals surface area contributed by atoms with E-state index in [-0.39, 0.29) is 11.3 Å². The molecule has 1 atom stereocenters. The van der Waals surface area contributed by atoms with Crippen LogP contribution >= 0.6 is 0 Å². The molecule has 0 unspecified atom stereocenters. The molecule has 1 amide bonds. The van der Waals surface area contributed by atoms with E-state index in [9.17, 15) is 19.1 Å². The molecule has 0 aromatic heterocycles. The first-order valence-electron chi connectivity index (χ1n) is 10.1. The molecule has 2 aromatic carbocycles. The van der Waals surface area contributed by atoms with E-state index in [1.807, 2.05) is 25.9 Å². The molecule has 1 heterocycles. The van der Waals surface area contributed by atoms with E-state index in [0.717, 1.165) is 12.1 Å². The highest BCUT2D eigenvalue weighted by molar-refractivity contribution is 6.46. The van der Waals surface area contributed by atoms with Crippen molar-refractivity contribution in [2.75, 3.05) is 34.3 Å². The number of benzene rings is 2. The van der Waals surface area contributed by atoms with Crippen molar-refractivity contribution in [2.24, 2.45) is 0 Å². The van der Waals surface area contributed by atoms with Crippen LogP contribution in [0.3, 0.4) is 0 Å². The number of carbonyl (C=O) groups is 2. The van der Waals surface area contributed by atoms with Gasteiger partial charge in [-0.3, -0.25) is 9.59 Å². The summed E-state index contributed by atoms with van der Waals surface area (Å²) >= 11 is 0. The SMILES string of the molecule is COc1ccc(/C(O)=C2\C(=O)C(=O)N(CCCN(C)C)[C@H]2c2ccc(F)cc2)cc1C. The Kier molecular flexibility index (Phi) is 6.75. The average Bonchev–Trinajstić information content (AvgIpc) is 2.98. The average molecular weight is 426 g/mol. The Morgan fingerprint density at radius 2 is 1.84 bits per heavy atom. The van der Waals surface area contributed by atoms with Crippen molar-refractivity contribution < 1.29 is 23.8 Å². The van der Waals surface area contributed by atoms with Crippen LogP contribution in [0.1, 0.15) is 29.2 Å². The van der Waals surface area contributed by atoms with E-state index < -0.39 is 23.5 Å². The summed E-state index contributed by atoms with van der Waals surface area (Å²) in [7, 11) is 5.41. The normalized spacial score (nSPS) is 18.1. The fourth-order valence-electron chi connectivity index (χ4n) is 3.84. The molecule has 1 N–H and O–H groups in total. The van der Waals surface area contributed by atoms with Crippen LogP contribution in [0.25, 0.3) is 5.76 Å². The van der Waals surface area contributed by atoms with Crippen molar-refractivity contribution in [3.8, 4) is 5.75 Å². The molecule has 6 nitrogen and oxygen atoms in total. The van der Waals surface area contributed by atoms with Gasteiger partial charge in [-0.2, -0.15) is 0 Å². The van der Waals surface area contributed by atoms with E-state index in [1.54, 1.807) is 25.3 Å². The smallest absolute Gasteiger partial charge is 0.295 e. The van der Waals surface area contributed by atoms with E-state index in [4.69, 9.17) is 4.74 Å². The van der Waals surface area contributed by atoms with Gasteiger partial charge >= 0.3 is 0 Å². The van der Waals surface area contributed by atoms with Crippen LogP contribution in [0.15, 0.2) is 48.0 Å². The molecule has 0 bridgehead atoms. The number of methoxy groups -OCH3 is 1. The van der Waals surface area contributed by atoms with E-state index in [2.05, 4.69) is 0 Å². The molecule has 0 radical (unpaired) electrons. The summed E-state index contributed by atoms with van der Waals surface area (Å²) in [5.74, 6) is -1.44. The van der Waals surface area contributed by atoms with Crippen LogP contribution in [-0.2, 0) is 9.59 Å². The molecule has 164 valence electrons. The number of hydrogen-bond donors (Lipinski definition) is 1. The van der Waals surface area contributed by atoms with Crippen LogP contribution in [0.4, 0.5) is 4.39 Å². The molecular weight excluding hydrogens is 399 g/mol. The summed E-state index contributed by atoms with van der Waals surface area (Å²) in [6.45, 7) is 2.90. The minimum atomic E-state index is -0.787. The fraction of sp³-hybridized carbons (Fsp3) is 0.333. The van der Waals surface area contributed by atoms with Crippen molar-refractivity contribution >= 4 is 17.4 Å². The zero-order chi connectivity index (χ0) is 22.7. The Morgan fingerprint density at radius 3 is 2.42 bits per heavy atom. The monoisotopic (exact) mass is 426 g/mol. The summed E-state index contributed by atoms with van der Waals surface area (Å²) in [5.41, 5.74) is 1.77. The summed E-state index contributed by atoms with van der Waals surface area (Å²) < 4.78 is 18.8. The molecule has 1 aliphatic rings. The van der Waals surface area contributed by atoms with E-state index in [1.165, 1.54) is 29.2 Å². The largest absolute Gasteiger partial charge is 0.507 e. The first-order chi connectivity index (χ1) is 14.7. The predicted molar refractivity (Wildman–Crippen MR) is 116 cm³/mol. The van der Waals surface area contributed by atoms with Gasteiger partial charge in [0.1, 0.15) is 17.3 Å². The van der Waals surface area contributed by atoms with Gasteiger partial charge in [-0.25, -0.2) is 4.39 Å². The van der Waals surface area contributed by atoms with Crippen molar-refractivity contribution in [3.05, 3.63) is 70.5 Å². The highest BCUT2D eigenvalue weighted by Gasteiger charge is 2.45. The molecular formula is C24H27FN2O4. The third-order valence-corrected chi connectivity index (χ3v) is 5.40. The quantitative estimate of drug-likeness (QED) is 0.417. The summed E-state index contributed by atoms with van der Waals surface area (Å²) in [5, 5.41) is 11.1. The summed E-state index contributed by atoms with van der Waals surface area (Å²) in [4.78, 5) is 29.3. The number of Topliss-reactive ketones (excluding diaryl/α,β-unsaturated/α-hetero) is 1. The fourth-order valence-corrected chi connectivity index (χ4v) is 3.84. The lowest BCUT2D eigenvalue weighted by molar-refractivity contribution is -0.139. The number of rotatable bonds is 7. The maximum atomic E-state index is 13.5. The summed E-state index contributed by atoms with van der Waals surface area (Å²) in [6, 6.07) is 9.90. The number of aliphatic hydroxyl groups excluding tert-OH is 1. The minimum Gasteiger partial charge on any atom is -0.507 e. The Balaban J connectivity index is 2.10. The highest BCUT2D eigenvalue weighted by Crippen LogP contribution is 2.40. The van der Waals surface area contributed by atoms with Crippen molar-refractivity contribution in [3.63, 3.8) is 0 Å². The van der Waals surface area contributed by atoms with Gasteiger partial charge in [0.05, 0.1) is 18.7 Å². The highest BCUT2D eigenvalue weighted by atomic mass is 19.1. The lowest BCUT2D eigenvalue weighted by Gasteiger charge is -2.26. The number of ketones is 1. The molecule has 0 aliphatic carbocycles. The van der Waals surface area contributed by atoms with Crippen molar-refractivity contribution in [1.29, 1.82) is 0 Å². The Labute approximate surface area is 181 Å². The number of aryl methyl sites for hydroxylation is 1. The maximum Gasteiger partial charge on any atom is 0.295 e. The maximum absolute atomic E-state index is 13.5.